The first-order chi connectivity index (χ1) is 6.36. The van der Waals surface area contributed by atoms with Gasteiger partial charge in [-0.3, -0.25) is 0 Å². The van der Waals surface area contributed by atoms with Crippen LogP contribution in [0.15, 0.2) is 0 Å². The van der Waals surface area contributed by atoms with Crippen molar-refractivity contribution in [1.82, 2.24) is 10.2 Å². The van der Waals surface area contributed by atoms with Gasteiger partial charge in [-0.05, 0) is 58.3 Å². The van der Waals surface area contributed by atoms with Gasteiger partial charge in [0.15, 0.2) is 0 Å². The third-order valence-corrected chi connectivity index (χ3v) is 3.68. The van der Waals surface area contributed by atoms with E-state index in [1.807, 2.05) is 0 Å². The van der Waals surface area contributed by atoms with Crippen LogP contribution in [0.3, 0.4) is 0 Å². The molecule has 2 aliphatic rings. The minimum atomic E-state index is 0.849. The molecule has 0 aromatic rings. The van der Waals surface area contributed by atoms with Gasteiger partial charge in [-0.15, -0.1) is 0 Å². The van der Waals surface area contributed by atoms with E-state index in [2.05, 4.69) is 17.3 Å². The van der Waals surface area contributed by atoms with Crippen LogP contribution in [-0.2, 0) is 0 Å². The van der Waals surface area contributed by atoms with Gasteiger partial charge < -0.3 is 10.2 Å². The monoisotopic (exact) mass is 182 g/mol. The Bertz CT molecular complexity index is 144. The first-order valence-electron chi connectivity index (χ1n) is 5.78. The molecular weight excluding hydrogens is 160 g/mol. The SMILES string of the molecule is CN1CCC(C2CCCCN2)CC1. The molecule has 0 saturated carbocycles. The number of nitrogens with zero attached hydrogens (tertiary/aromatic N) is 1. The highest BCUT2D eigenvalue weighted by Gasteiger charge is 2.25. The molecule has 76 valence electrons. The van der Waals surface area contributed by atoms with Gasteiger partial charge in [0.2, 0.25) is 0 Å². The summed E-state index contributed by atoms with van der Waals surface area (Å²) in [6.45, 7) is 3.88. The molecule has 1 N–H and O–H groups in total. The fourth-order valence-corrected chi connectivity index (χ4v) is 2.71. The zero-order chi connectivity index (χ0) is 9.10. The Morgan fingerprint density at radius 1 is 1.08 bits per heavy atom. The predicted molar refractivity (Wildman–Crippen MR) is 55.9 cm³/mol. The fraction of sp³-hybridized carbons (Fsp3) is 1.00. The summed E-state index contributed by atoms with van der Waals surface area (Å²) in [6.07, 6.45) is 7.09. The van der Waals surface area contributed by atoms with Gasteiger partial charge >= 0.3 is 0 Å². The molecule has 2 aliphatic heterocycles. The molecule has 1 atom stereocenters. The van der Waals surface area contributed by atoms with Crippen molar-refractivity contribution in [3.05, 3.63) is 0 Å². The van der Waals surface area contributed by atoms with Gasteiger partial charge in [0.05, 0.1) is 0 Å². The van der Waals surface area contributed by atoms with E-state index in [1.165, 1.54) is 51.7 Å². The molecule has 0 radical (unpaired) electrons. The highest BCUT2D eigenvalue weighted by Crippen LogP contribution is 2.24. The zero-order valence-electron chi connectivity index (χ0n) is 8.76. The van der Waals surface area contributed by atoms with Crippen LogP contribution in [0.25, 0.3) is 0 Å². The number of nitrogens with one attached hydrogen (secondary N) is 1. The van der Waals surface area contributed by atoms with Crippen molar-refractivity contribution < 1.29 is 0 Å². The van der Waals surface area contributed by atoms with Crippen LogP contribution in [-0.4, -0.2) is 37.6 Å². The summed E-state index contributed by atoms with van der Waals surface area (Å²) < 4.78 is 0. The van der Waals surface area contributed by atoms with E-state index in [9.17, 15) is 0 Å². The lowest BCUT2D eigenvalue weighted by molar-refractivity contribution is 0.170. The molecule has 2 nitrogen and oxygen atoms in total. The van der Waals surface area contributed by atoms with Crippen molar-refractivity contribution >= 4 is 0 Å². The molecule has 2 fully saturated rings. The van der Waals surface area contributed by atoms with E-state index in [-0.39, 0.29) is 0 Å². The van der Waals surface area contributed by atoms with Gasteiger partial charge in [-0.25, -0.2) is 0 Å². The Morgan fingerprint density at radius 2 is 1.85 bits per heavy atom. The van der Waals surface area contributed by atoms with Gasteiger partial charge in [0.25, 0.3) is 0 Å². The van der Waals surface area contributed by atoms with E-state index < -0.39 is 0 Å². The molecule has 0 bridgehead atoms. The Kier molecular flexibility index (Phi) is 3.23. The van der Waals surface area contributed by atoms with E-state index in [4.69, 9.17) is 0 Å². The average molecular weight is 182 g/mol. The maximum atomic E-state index is 3.69. The van der Waals surface area contributed by atoms with E-state index in [0.29, 0.717) is 0 Å². The summed E-state index contributed by atoms with van der Waals surface area (Å²) in [5.41, 5.74) is 0. The Hall–Kier alpha value is -0.0800. The molecule has 1 unspecified atom stereocenters. The minimum Gasteiger partial charge on any atom is -0.314 e. The van der Waals surface area contributed by atoms with E-state index >= 15 is 0 Å². The smallest absolute Gasteiger partial charge is 0.00962 e. The van der Waals surface area contributed by atoms with Crippen molar-refractivity contribution in [3.8, 4) is 0 Å². The summed E-state index contributed by atoms with van der Waals surface area (Å²) in [5.74, 6) is 0.969. The lowest BCUT2D eigenvalue weighted by atomic mass is 9.85. The molecule has 13 heavy (non-hydrogen) atoms. The number of piperidine rings is 2. The van der Waals surface area contributed by atoms with Crippen molar-refractivity contribution in [1.29, 1.82) is 0 Å². The van der Waals surface area contributed by atoms with Gasteiger partial charge in [-0.1, -0.05) is 6.42 Å². The van der Waals surface area contributed by atoms with Gasteiger partial charge in [-0.2, -0.15) is 0 Å². The maximum absolute atomic E-state index is 3.69. The molecule has 0 aromatic heterocycles. The molecule has 0 amide bonds. The molecule has 0 aliphatic carbocycles. The second-order valence-electron chi connectivity index (χ2n) is 4.70. The Balaban J connectivity index is 1.79. The maximum Gasteiger partial charge on any atom is 0.00962 e. The lowest BCUT2D eigenvalue weighted by Crippen LogP contribution is -2.44. The summed E-state index contributed by atoms with van der Waals surface area (Å²) in [7, 11) is 2.24. The van der Waals surface area contributed by atoms with E-state index in [0.717, 1.165) is 12.0 Å². The van der Waals surface area contributed by atoms with Crippen LogP contribution in [0.5, 0.6) is 0 Å². The summed E-state index contributed by atoms with van der Waals surface area (Å²) in [5, 5.41) is 3.69. The third-order valence-electron chi connectivity index (χ3n) is 3.68. The largest absolute Gasteiger partial charge is 0.314 e. The molecule has 2 rings (SSSR count). The predicted octanol–water partition coefficient (Wildman–Crippen LogP) is 1.47. The fourth-order valence-electron chi connectivity index (χ4n) is 2.71. The van der Waals surface area contributed by atoms with Crippen LogP contribution in [0.4, 0.5) is 0 Å². The van der Waals surface area contributed by atoms with Crippen LogP contribution < -0.4 is 5.32 Å². The molecule has 0 spiro atoms. The lowest BCUT2D eigenvalue weighted by Gasteiger charge is -2.36. The first-order valence-corrected chi connectivity index (χ1v) is 5.78. The summed E-state index contributed by atoms with van der Waals surface area (Å²) in [6, 6.07) is 0.849. The molecule has 0 aromatic carbocycles. The molecule has 2 saturated heterocycles. The van der Waals surface area contributed by atoms with Crippen molar-refractivity contribution in [3.63, 3.8) is 0 Å². The van der Waals surface area contributed by atoms with Crippen molar-refractivity contribution in [2.24, 2.45) is 5.92 Å². The normalized spacial score (nSPS) is 33.5. The average Bonchev–Trinajstić information content (AvgIpc) is 2.20. The van der Waals surface area contributed by atoms with Crippen molar-refractivity contribution in [2.75, 3.05) is 26.7 Å². The highest BCUT2D eigenvalue weighted by molar-refractivity contribution is 4.83. The number of hydrogen-bond acceptors (Lipinski definition) is 2. The molecule has 2 heteroatoms. The van der Waals surface area contributed by atoms with Crippen LogP contribution in [0.2, 0.25) is 0 Å². The zero-order valence-corrected chi connectivity index (χ0v) is 8.76. The summed E-state index contributed by atoms with van der Waals surface area (Å²) in [4.78, 5) is 2.46. The molecular formula is C11H22N2. The number of likely N-dealkylation sites (tertiary alicyclic amines) is 1. The number of rotatable bonds is 1. The standard InChI is InChI=1S/C11H22N2/c1-13-8-5-10(6-9-13)11-4-2-3-7-12-11/h10-12H,2-9H2,1H3. The molecule has 2 heterocycles. The Labute approximate surface area is 81.7 Å². The van der Waals surface area contributed by atoms with Crippen LogP contribution in [0.1, 0.15) is 32.1 Å². The summed E-state index contributed by atoms with van der Waals surface area (Å²) >= 11 is 0. The van der Waals surface area contributed by atoms with Gasteiger partial charge in [0, 0.05) is 6.04 Å². The minimum absolute atomic E-state index is 0.849. The second-order valence-corrected chi connectivity index (χ2v) is 4.70. The van der Waals surface area contributed by atoms with Crippen LogP contribution in [0, 0.1) is 5.92 Å². The second kappa shape index (κ2) is 4.43. The van der Waals surface area contributed by atoms with Crippen LogP contribution >= 0.6 is 0 Å². The van der Waals surface area contributed by atoms with Crippen molar-refractivity contribution in [2.45, 2.75) is 38.1 Å². The Morgan fingerprint density at radius 3 is 2.46 bits per heavy atom. The van der Waals surface area contributed by atoms with E-state index in [1.54, 1.807) is 0 Å². The number of hydrogen-bond donors (Lipinski definition) is 1. The third kappa shape index (κ3) is 2.44. The highest BCUT2D eigenvalue weighted by atomic mass is 15.1. The van der Waals surface area contributed by atoms with Gasteiger partial charge in [0.1, 0.15) is 0 Å². The topological polar surface area (TPSA) is 15.3 Å². The first kappa shape index (κ1) is 9.47. The quantitative estimate of drug-likeness (QED) is 0.660.